The number of nitrogens with zero attached hydrogens (tertiary/aromatic N) is 1. The summed E-state index contributed by atoms with van der Waals surface area (Å²) >= 11 is 0. The quantitative estimate of drug-likeness (QED) is 0.149. The Morgan fingerprint density at radius 1 is 0.870 bits per heavy atom. The number of methoxy groups -OCH3 is 2. The van der Waals surface area contributed by atoms with E-state index in [9.17, 15) is 24.3 Å². The zero-order valence-corrected chi connectivity index (χ0v) is 28.3. The number of halogens is 1. The van der Waals surface area contributed by atoms with Crippen molar-refractivity contribution in [1.82, 2.24) is 20.9 Å². The molecule has 0 aliphatic rings. The second-order valence-corrected chi connectivity index (χ2v) is 11.0. The fraction of sp³-hybridized carbons (Fsp3) is 0.529. The number of rotatable bonds is 21. The number of carbonyl (C=O) groups is 4. The highest BCUT2D eigenvalue weighted by Crippen LogP contribution is 2.13. The van der Waals surface area contributed by atoms with Crippen LogP contribution in [0.1, 0.15) is 63.5 Å². The molecule has 4 N–H and O–H groups in total. The van der Waals surface area contributed by atoms with Gasteiger partial charge in [0.25, 0.3) is 0 Å². The van der Waals surface area contributed by atoms with Gasteiger partial charge in [0.15, 0.2) is 0 Å². The highest BCUT2D eigenvalue weighted by molar-refractivity contribution is 5.89. The molecule has 3 amide bonds. The Hall–Kier alpha value is -3.67. The van der Waals surface area contributed by atoms with Crippen LogP contribution in [-0.4, -0.2) is 85.7 Å². The highest BCUT2D eigenvalue weighted by atomic mass is 35.5. The van der Waals surface area contributed by atoms with Crippen LogP contribution >= 0.6 is 12.4 Å². The zero-order chi connectivity index (χ0) is 33.0. The average molecular weight is 663 g/mol. The highest BCUT2D eigenvalue weighted by Gasteiger charge is 2.28. The minimum Gasteiger partial charge on any atom is -0.497 e. The van der Waals surface area contributed by atoms with Gasteiger partial charge in [0, 0.05) is 39.0 Å². The van der Waals surface area contributed by atoms with E-state index in [1.54, 1.807) is 12.0 Å². The largest absolute Gasteiger partial charge is 0.497 e. The Morgan fingerprint density at radius 3 is 2.17 bits per heavy atom. The number of carbonyl (C=O) groups excluding carboxylic acids is 4. The minimum atomic E-state index is -1.04. The van der Waals surface area contributed by atoms with E-state index in [0.717, 1.165) is 29.7 Å². The first-order chi connectivity index (χ1) is 21.7. The topological polar surface area (TPSA) is 146 Å². The van der Waals surface area contributed by atoms with E-state index in [1.807, 2.05) is 68.4 Å². The third-order valence-corrected chi connectivity index (χ3v) is 7.33. The number of aliphatic hydroxyl groups excluding tert-OH is 1. The predicted molar refractivity (Wildman–Crippen MR) is 180 cm³/mol. The molecule has 0 fully saturated rings. The lowest BCUT2D eigenvalue weighted by atomic mass is 9.99. The maximum Gasteiger partial charge on any atom is 0.306 e. The maximum atomic E-state index is 13.7. The second-order valence-electron chi connectivity index (χ2n) is 11.0. The summed E-state index contributed by atoms with van der Waals surface area (Å²) in [4.78, 5) is 52.8. The third-order valence-electron chi connectivity index (χ3n) is 7.33. The lowest BCUT2D eigenvalue weighted by Crippen LogP contribution is -2.55. The molecule has 0 bridgehead atoms. The lowest BCUT2D eigenvalue weighted by molar-refractivity contribution is -0.142. The summed E-state index contributed by atoms with van der Waals surface area (Å²) in [5.41, 5.74) is 1.89. The van der Waals surface area contributed by atoms with Crippen molar-refractivity contribution in [2.24, 2.45) is 0 Å². The Kier molecular flexibility index (Phi) is 20.0. The van der Waals surface area contributed by atoms with Crippen LogP contribution in [0.2, 0.25) is 0 Å². The molecule has 12 heteroatoms. The Balaban J connectivity index is 0.0000106. The van der Waals surface area contributed by atoms with E-state index >= 15 is 0 Å². The van der Waals surface area contributed by atoms with Gasteiger partial charge in [-0.2, -0.15) is 0 Å². The van der Waals surface area contributed by atoms with Crippen LogP contribution in [0.4, 0.5) is 0 Å². The zero-order valence-electron chi connectivity index (χ0n) is 27.5. The number of hydrogen-bond donors (Lipinski definition) is 4. The summed E-state index contributed by atoms with van der Waals surface area (Å²) in [6.45, 7) is 5.89. The fourth-order valence-electron chi connectivity index (χ4n) is 4.90. The van der Waals surface area contributed by atoms with E-state index in [-0.39, 0.29) is 50.5 Å². The summed E-state index contributed by atoms with van der Waals surface area (Å²) in [5, 5.41) is 20.1. The Bertz CT molecular complexity index is 1200. The summed E-state index contributed by atoms with van der Waals surface area (Å²) in [7, 11) is 2.84. The molecule has 0 unspecified atom stereocenters. The molecule has 0 aliphatic carbocycles. The van der Waals surface area contributed by atoms with Crippen molar-refractivity contribution in [2.45, 2.75) is 83.5 Å². The lowest BCUT2D eigenvalue weighted by Gasteiger charge is -2.28. The summed E-state index contributed by atoms with van der Waals surface area (Å²) < 4.78 is 9.91. The molecule has 0 saturated carbocycles. The fourth-order valence-corrected chi connectivity index (χ4v) is 4.90. The summed E-state index contributed by atoms with van der Waals surface area (Å²) in [6, 6.07) is 15.3. The molecule has 0 radical (unpaired) electrons. The van der Waals surface area contributed by atoms with Crippen LogP contribution in [0.5, 0.6) is 5.75 Å². The van der Waals surface area contributed by atoms with Gasteiger partial charge in [0.05, 0.1) is 32.8 Å². The van der Waals surface area contributed by atoms with Crippen LogP contribution in [-0.2, 0) is 36.9 Å². The molecular weight excluding hydrogens is 612 g/mol. The molecule has 2 aromatic rings. The standard InChI is InChI=1S/C34H50N4O7.ClH/c1-5-19-38(20-6-2)32(41)17-15-28(36-31(40)16-18-33(42)45-4)34(43)37-29(22-25-11-8-7-9-12-25)30(39)24-35-23-26-13-10-14-27(21-26)44-3;/h7-14,21,28-30,35,39H,5-6,15-20,22-24H2,1-4H3,(H,36,40)(H,37,43);1H/t28-,29+,30-;/m1./s1. The molecule has 0 saturated heterocycles. The van der Waals surface area contributed by atoms with Gasteiger partial charge in [0.1, 0.15) is 11.8 Å². The number of hydrogen-bond acceptors (Lipinski definition) is 8. The van der Waals surface area contributed by atoms with Crippen molar-refractivity contribution < 1.29 is 33.8 Å². The molecule has 11 nitrogen and oxygen atoms in total. The molecule has 3 atom stereocenters. The van der Waals surface area contributed by atoms with Gasteiger partial charge in [-0.15, -0.1) is 12.4 Å². The smallest absolute Gasteiger partial charge is 0.306 e. The van der Waals surface area contributed by atoms with E-state index in [1.165, 1.54) is 7.11 Å². The van der Waals surface area contributed by atoms with Gasteiger partial charge >= 0.3 is 5.97 Å². The number of ether oxygens (including phenoxy) is 2. The van der Waals surface area contributed by atoms with Crippen LogP contribution in [0.25, 0.3) is 0 Å². The summed E-state index contributed by atoms with van der Waals surface area (Å²) in [6.07, 6.45) is 0.829. The first-order valence-corrected chi connectivity index (χ1v) is 15.7. The molecule has 0 heterocycles. The van der Waals surface area contributed by atoms with Gasteiger partial charge in [-0.1, -0.05) is 56.3 Å². The molecular formula is C34H51ClN4O7. The molecule has 0 aliphatic heterocycles. The minimum absolute atomic E-state index is 0. The van der Waals surface area contributed by atoms with Crippen molar-refractivity contribution in [3.8, 4) is 5.75 Å². The van der Waals surface area contributed by atoms with Gasteiger partial charge in [-0.05, 0) is 48.9 Å². The van der Waals surface area contributed by atoms with Crippen molar-refractivity contribution in [3.05, 3.63) is 65.7 Å². The molecule has 0 spiro atoms. The van der Waals surface area contributed by atoms with Crippen molar-refractivity contribution in [1.29, 1.82) is 0 Å². The molecule has 256 valence electrons. The number of nitrogens with one attached hydrogen (secondary N) is 3. The van der Waals surface area contributed by atoms with Crippen LogP contribution in [0, 0.1) is 0 Å². The SMILES string of the molecule is CCCN(CCC)C(=O)CC[C@@H](NC(=O)CCC(=O)OC)C(=O)N[C@@H](Cc1ccccc1)[C@H](O)CNCc1cccc(OC)c1.Cl. The number of benzene rings is 2. The van der Waals surface area contributed by atoms with E-state index in [2.05, 4.69) is 20.7 Å². The van der Waals surface area contributed by atoms with Crippen molar-refractivity contribution >= 4 is 36.1 Å². The van der Waals surface area contributed by atoms with E-state index in [0.29, 0.717) is 26.1 Å². The van der Waals surface area contributed by atoms with Gasteiger partial charge < -0.3 is 35.4 Å². The van der Waals surface area contributed by atoms with E-state index in [4.69, 9.17) is 4.74 Å². The third kappa shape index (κ3) is 15.1. The first kappa shape index (κ1) is 40.4. The van der Waals surface area contributed by atoms with Crippen LogP contribution < -0.4 is 20.7 Å². The van der Waals surface area contributed by atoms with Crippen molar-refractivity contribution in [2.75, 3.05) is 33.9 Å². The number of esters is 1. The van der Waals surface area contributed by atoms with Gasteiger partial charge in [-0.3, -0.25) is 19.2 Å². The number of aliphatic hydroxyl groups is 1. The monoisotopic (exact) mass is 662 g/mol. The Morgan fingerprint density at radius 2 is 1.54 bits per heavy atom. The molecule has 0 aromatic heterocycles. The second kappa shape index (κ2) is 22.8. The summed E-state index contributed by atoms with van der Waals surface area (Å²) in [5.74, 6) is -0.923. The van der Waals surface area contributed by atoms with Crippen molar-refractivity contribution in [3.63, 3.8) is 0 Å². The normalized spacial score (nSPS) is 12.5. The van der Waals surface area contributed by atoms with E-state index < -0.39 is 36.0 Å². The molecule has 2 rings (SSSR count). The first-order valence-electron chi connectivity index (χ1n) is 15.7. The van der Waals surface area contributed by atoms with Gasteiger partial charge in [-0.25, -0.2) is 0 Å². The molecule has 46 heavy (non-hydrogen) atoms. The molecule has 2 aromatic carbocycles. The average Bonchev–Trinajstić information content (AvgIpc) is 3.05. The Labute approximate surface area is 279 Å². The van der Waals surface area contributed by atoms with Gasteiger partial charge in [0.2, 0.25) is 17.7 Å². The maximum absolute atomic E-state index is 13.7. The predicted octanol–water partition coefficient (Wildman–Crippen LogP) is 3.16. The van der Waals surface area contributed by atoms with Crippen LogP contribution in [0.3, 0.4) is 0 Å². The van der Waals surface area contributed by atoms with Crippen LogP contribution in [0.15, 0.2) is 54.6 Å². The number of amides is 3.